The summed E-state index contributed by atoms with van der Waals surface area (Å²) in [6.45, 7) is 3.12. The van der Waals surface area contributed by atoms with Crippen molar-refractivity contribution in [2.24, 2.45) is 0 Å². The summed E-state index contributed by atoms with van der Waals surface area (Å²) in [6, 6.07) is 0. The van der Waals surface area contributed by atoms with E-state index in [1.807, 2.05) is 0 Å². The predicted molar refractivity (Wildman–Crippen MR) is 59.0 cm³/mol. The minimum atomic E-state index is -3.90. The van der Waals surface area contributed by atoms with E-state index in [1.54, 1.807) is 6.92 Å². The van der Waals surface area contributed by atoms with Crippen LogP contribution in [0.3, 0.4) is 0 Å². The van der Waals surface area contributed by atoms with Gasteiger partial charge >= 0.3 is 13.6 Å². The Bertz CT molecular complexity index is 326. The van der Waals surface area contributed by atoms with Gasteiger partial charge in [-0.15, -0.1) is 9.35 Å². The van der Waals surface area contributed by atoms with Crippen LogP contribution >= 0.6 is 7.60 Å². The third-order valence-electron chi connectivity index (χ3n) is 1.92. The Labute approximate surface area is 99.7 Å². The van der Waals surface area contributed by atoms with Gasteiger partial charge in [0.15, 0.2) is 0 Å². The lowest BCUT2D eigenvalue weighted by atomic mass is 10.2. The molecule has 0 aliphatic carbocycles. The second kappa shape index (κ2) is 7.58. The van der Waals surface area contributed by atoms with Gasteiger partial charge < -0.3 is 5.11 Å². The predicted octanol–water partition coefficient (Wildman–Crippen LogP) is 2.49. The van der Waals surface area contributed by atoms with Gasteiger partial charge in [-0.25, -0.2) is 19.1 Å². The summed E-state index contributed by atoms with van der Waals surface area (Å²) in [5, 5.41) is 8.93. The van der Waals surface area contributed by atoms with Gasteiger partial charge in [-0.05, 0) is 13.3 Å². The van der Waals surface area contributed by atoms with Crippen LogP contribution in [0.1, 0.15) is 26.7 Å². The van der Waals surface area contributed by atoms with Crippen LogP contribution in [-0.2, 0) is 28.5 Å². The van der Waals surface area contributed by atoms with Crippen molar-refractivity contribution in [2.75, 3.05) is 14.2 Å². The fraction of sp³-hybridized carbons (Fsp3) is 0.667. The third kappa shape index (κ3) is 4.57. The highest BCUT2D eigenvalue weighted by molar-refractivity contribution is 7.58. The summed E-state index contributed by atoms with van der Waals surface area (Å²) in [5.74, 6) is -1.20. The maximum absolute atomic E-state index is 12.2. The van der Waals surface area contributed by atoms with E-state index in [1.165, 1.54) is 6.92 Å². The number of allylic oxidation sites excluding steroid dienone is 1. The molecule has 0 saturated carbocycles. The smallest absolute Gasteiger partial charge is 0.411 e. The minimum absolute atomic E-state index is 0.0243. The zero-order valence-corrected chi connectivity index (χ0v) is 11.2. The first-order chi connectivity index (χ1) is 7.92. The van der Waals surface area contributed by atoms with E-state index in [4.69, 9.17) is 5.11 Å². The molecule has 0 aromatic carbocycles. The van der Waals surface area contributed by atoms with Gasteiger partial charge in [0.05, 0.1) is 19.5 Å². The number of carbonyl (C=O) groups is 1. The number of hydrogen-bond acceptors (Lipinski definition) is 6. The molecule has 0 atom stereocenters. The number of rotatable bonds is 8. The molecule has 0 fully saturated rings. The average molecular weight is 268 g/mol. The highest BCUT2D eigenvalue weighted by Crippen LogP contribution is 2.58. The maximum atomic E-state index is 12.2. The summed E-state index contributed by atoms with van der Waals surface area (Å²) in [4.78, 5) is 19.5. The Morgan fingerprint density at radius 1 is 1.24 bits per heavy atom. The van der Waals surface area contributed by atoms with Crippen molar-refractivity contribution in [1.29, 1.82) is 0 Å². The topological polar surface area (TPSA) is 91.3 Å². The lowest BCUT2D eigenvalue weighted by Gasteiger charge is -2.18. The molecule has 8 heteroatoms. The summed E-state index contributed by atoms with van der Waals surface area (Å²) in [5.41, 5.74) is -0.107. The molecule has 0 aromatic heterocycles. The van der Waals surface area contributed by atoms with Crippen LogP contribution in [0.5, 0.6) is 0 Å². The molecule has 17 heavy (non-hydrogen) atoms. The summed E-state index contributed by atoms with van der Waals surface area (Å²) >= 11 is 0. The molecule has 1 N–H and O–H groups in total. The third-order valence-corrected chi connectivity index (χ3v) is 3.83. The summed E-state index contributed by atoms with van der Waals surface area (Å²) in [7, 11) is -1.61. The van der Waals surface area contributed by atoms with E-state index in [0.717, 1.165) is 14.2 Å². The molecule has 0 radical (unpaired) electrons. The Morgan fingerprint density at radius 2 is 1.71 bits per heavy atom. The molecule has 0 saturated heterocycles. The molecule has 0 amide bonds. The Kier molecular flexibility index (Phi) is 7.26. The van der Waals surface area contributed by atoms with E-state index < -0.39 is 13.6 Å². The maximum Gasteiger partial charge on any atom is 0.411 e. The SMILES string of the molecule is CCCC(=C(C)C(=O)O)P(=O)(OOC)OOC. The van der Waals surface area contributed by atoms with Crippen molar-refractivity contribution in [3.63, 3.8) is 0 Å². The monoisotopic (exact) mass is 268 g/mol. The van der Waals surface area contributed by atoms with Crippen LogP contribution in [0.25, 0.3) is 0 Å². The normalized spacial score (nSPS) is 13.4. The van der Waals surface area contributed by atoms with Crippen LogP contribution in [0.15, 0.2) is 10.9 Å². The highest BCUT2D eigenvalue weighted by Gasteiger charge is 2.35. The molecule has 0 aromatic rings. The van der Waals surface area contributed by atoms with E-state index in [2.05, 4.69) is 19.1 Å². The molecule has 0 bridgehead atoms. The van der Waals surface area contributed by atoms with Crippen LogP contribution < -0.4 is 0 Å². The second-order valence-electron chi connectivity index (χ2n) is 3.11. The fourth-order valence-corrected chi connectivity index (χ4v) is 2.79. The molecule has 0 unspecified atom stereocenters. The zero-order chi connectivity index (χ0) is 13.5. The van der Waals surface area contributed by atoms with E-state index in [9.17, 15) is 9.36 Å². The molecule has 0 rings (SSSR count). The first kappa shape index (κ1) is 16.3. The average Bonchev–Trinajstić information content (AvgIpc) is 2.25. The molecule has 0 spiro atoms. The van der Waals surface area contributed by atoms with Crippen molar-refractivity contribution in [2.45, 2.75) is 26.7 Å². The van der Waals surface area contributed by atoms with Gasteiger partial charge in [0.25, 0.3) is 0 Å². The fourth-order valence-electron chi connectivity index (χ4n) is 1.19. The van der Waals surface area contributed by atoms with Gasteiger partial charge in [-0.1, -0.05) is 13.3 Å². The number of carboxylic acid groups (broad SMARTS) is 1. The molecule has 0 aliphatic rings. The quantitative estimate of drug-likeness (QED) is 0.313. The Morgan fingerprint density at radius 3 is 2.00 bits per heavy atom. The lowest BCUT2D eigenvalue weighted by Crippen LogP contribution is -2.06. The van der Waals surface area contributed by atoms with Crippen LogP contribution in [0, 0.1) is 0 Å². The molecule has 100 valence electrons. The molecule has 7 nitrogen and oxygen atoms in total. The van der Waals surface area contributed by atoms with Crippen LogP contribution in [0.4, 0.5) is 0 Å². The number of hydrogen-bond donors (Lipinski definition) is 1. The lowest BCUT2D eigenvalue weighted by molar-refractivity contribution is -0.240. The number of aliphatic carboxylic acids is 1. The zero-order valence-electron chi connectivity index (χ0n) is 10.3. The van der Waals surface area contributed by atoms with Crippen molar-refractivity contribution in [1.82, 2.24) is 0 Å². The summed E-state index contributed by atoms with van der Waals surface area (Å²) in [6.07, 6.45) is 0.812. The Hall–Kier alpha value is -0.720. The van der Waals surface area contributed by atoms with Crippen LogP contribution in [-0.4, -0.2) is 25.3 Å². The van der Waals surface area contributed by atoms with Crippen molar-refractivity contribution >= 4 is 13.6 Å². The molecule has 0 heterocycles. The van der Waals surface area contributed by atoms with Crippen LogP contribution in [0.2, 0.25) is 0 Å². The first-order valence-electron chi connectivity index (χ1n) is 4.91. The van der Waals surface area contributed by atoms with E-state index in [0.29, 0.717) is 6.42 Å². The molecule has 0 aliphatic heterocycles. The minimum Gasteiger partial charge on any atom is -0.478 e. The molecular weight excluding hydrogens is 251 g/mol. The largest absolute Gasteiger partial charge is 0.478 e. The van der Waals surface area contributed by atoms with Gasteiger partial charge in [-0.3, -0.25) is 0 Å². The summed E-state index contributed by atoms with van der Waals surface area (Å²) < 4.78 is 21.3. The van der Waals surface area contributed by atoms with Crippen molar-refractivity contribution in [3.05, 3.63) is 10.9 Å². The van der Waals surface area contributed by atoms with Gasteiger partial charge in [-0.2, -0.15) is 0 Å². The highest BCUT2D eigenvalue weighted by atomic mass is 31.2. The van der Waals surface area contributed by atoms with Crippen molar-refractivity contribution < 1.29 is 33.6 Å². The molecular formula is C9H17O7P. The second-order valence-corrected chi connectivity index (χ2v) is 4.94. The van der Waals surface area contributed by atoms with Crippen molar-refractivity contribution in [3.8, 4) is 0 Å². The first-order valence-corrected chi connectivity index (χ1v) is 6.45. The van der Waals surface area contributed by atoms with Gasteiger partial charge in [0.2, 0.25) is 0 Å². The van der Waals surface area contributed by atoms with E-state index >= 15 is 0 Å². The number of carboxylic acids is 1. The van der Waals surface area contributed by atoms with E-state index in [-0.39, 0.29) is 17.3 Å². The standard InChI is InChI=1S/C9H17O7P/c1-5-6-8(7(2)9(10)11)17(12,15-13-3)16-14-4/h5-6H2,1-4H3,(H,10,11). The Balaban J connectivity index is 5.46. The van der Waals surface area contributed by atoms with Gasteiger partial charge in [0, 0.05) is 5.57 Å². The van der Waals surface area contributed by atoms with Gasteiger partial charge in [0.1, 0.15) is 0 Å².